The number of carbonyl (C=O) groups excluding carboxylic acids is 1. The van der Waals surface area contributed by atoms with Crippen LogP contribution < -0.4 is 5.32 Å². The molecule has 112 valence electrons. The zero-order valence-corrected chi connectivity index (χ0v) is 13.7. The molecule has 0 aromatic heterocycles. The molecule has 3 nitrogen and oxygen atoms in total. The van der Waals surface area contributed by atoms with Gasteiger partial charge in [-0.1, -0.05) is 31.2 Å². The first-order chi connectivity index (χ1) is 9.53. The molecule has 0 aliphatic rings. The van der Waals surface area contributed by atoms with Gasteiger partial charge in [0, 0.05) is 5.75 Å². The fourth-order valence-corrected chi connectivity index (χ4v) is 3.35. The van der Waals surface area contributed by atoms with Crippen LogP contribution in [0.15, 0.2) is 24.3 Å². The molecule has 1 unspecified atom stereocenters. The molecule has 0 fully saturated rings. The summed E-state index contributed by atoms with van der Waals surface area (Å²) in [6.07, 6.45) is 0.768. The maximum Gasteiger partial charge on any atom is 0.325 e. The minimum absolute atomic E-state index is 0.184. The third-order valence-corrected chi connectivity index (χ3v) is 4.48. The van der Waals surface area contributed by atoms with Crippen LogP contribution in [0, 0.1) is 6.92 Å². The quantitative estimate of drug-likeness (QED) is 0.590. The van der Waals surface area contributed by atoms with Gasteiger partial charge in [0.1, 0.15) is 5.54 Å². The number of esters is 1. The number of thioether (sulfide) groups is 1. The minimum Gasteiger partial charge on any atom is -0.468 e. The van der Waals surface area contributed by atoms with Gasteiger partial charge >= 0.3 is 5.97 Å². The van der Waals surface area contributed by atoms with Crippen LogP contribution in [0.5, 0.6) is 0 Å². The maximum atomic E-state index is 11.8. The second-order valence-electron chi connectivity index (χ2n) is 5.08. The van der Waals surface area contributed by atoms with Crippen molar-refractivity contribution in [1.29, 1.82) is 0 Å². The molecule has 1 rings (SSSR count). The average molecular weight is 295 g/mol. The van der Waals surface area contributed by atoms with E-state index in [2.05, 4.69) is 36.5 Å². The molecule has 0 aliphatic heterocycles. The predicted molar refractivity (Wildman–Crippen MR) is 86.1 cm³/mol. The molecule has 4 heteroatoms. The molecule has 0 radical (unpaired) electrons. The number of aryl methyl sites for hydroxylation is 1. The Kier molecular flexibility index (Phi) is 7.10. The van der Waals surface area contributed by atoms with Gasteiger partial charge in [-0.05, 0) is 43.7 Å². The van der Waals surface area contributed by atoms with Crippen molar-refractivity contribution in [2.75, 3.05) is 19.4 Å². The van der Waals surface area contributed by atoms with Crippen molar-refractivity contribution in [3.8, 4) is 0 Å². The van der Waals surface area contributed by atoms with E-state index in [1.165, 1.54) is 18.2 Å². The van der Waals surface area contributed by atoms with E-state index in [0.717, 1.165) is 24.5 Å². The molecule has 0 heterocycles. The van der Waals surface area contributed by atoms with Gasteiger partial charge in [0.05, 0.1) is 7.11 Å². The predicted octanol–water partition coefficient (Wildman–Crippen LogP) is 3.16. The SMILES string of the molecule is CCNC(C)(CCSCc1ccccc1C)C(=O)OC. The Morgan fingerprint density at radius 2 is 2.10 bits per heavy atom. The fourth-order valence-electron chi connectivity index (χ4n) is 2.11. The fraction of sp³-hybridized carbons (Fsp3) is 0.562. The van der Waals surface area contributed by atoms with Crippen molar-refractivity contribution < 1.29 is 9.53 Å². The molecule has 0 aliphatic carbocycles. The van der Waals surface area contributed by atoms with E-state index in [1.54, 1.807) is 0 Å². The number of benzene rings is 1. The second kappa shape index (κ2) is 8.32. The third-order valence-electron chi connectivity index (χ3n) is 3.47. The zero-order chi connectivity index (χ0) is 15.0. The molecular formula is C16H25NO2S. The summed E-state index contributed by atoms with van der Waals surface area (Å²) in [4.78, 5) is 11.8. The molecule has 1 N–H and O–H groups in total. The lowest BCUT2D eigenvalue weighted by Gasteiger charge is -2.27. The van der Waals surface area contributed by atoms with Crippen molar-refractivity contribution in [3.63, 3.8) is 0 Å². The van der Waals surface area contributed by atoms with E-state index in [4.69, 9.17) is 4.74 Å². The van der Waals surface area contributed by atoms with Crippen LogP contribution in [0.4, 0.5) is 0 Å². The molecule has 1 atom stereocenters. The Balaban J connectivity index is 2.45. The van der Waals surface area contributed by atoms with Crippen LogP contribution in [0.1, 0.15) is 31.4 Å². The molecular weight excluding hydrogens is 270 g/mol. The lowest BCUT2D eigenvalue weighted by atomic mass is 9.99. The molecule has 1 aromatic carbocycles. The molecule has 1 aromatic rings. The summed E-state index contributed by atoms with van der Waals surface area (Å²) in [6, 6.07) is 8.42. The van der Waals surface area contributed by atoms with E-state index in [0.29, 0.717) is 0 Å². The highest BCUT2D eigenvalue weighted by molar-refractivity contribution is 7.98. The number of rotatable bonds is 8. The minimum atomic E-state index is -0.581. The summed E-state index contributed by atoms with van der Waals surface area (Å²) in [5, 5.41) is 3.23. The number of hydrogen-bond donors (Lipinski definition) is 1. The maximum absolute atomic E-state index is 11.8. The Morgan fingerprint density at radius 1 is 1.40 bits per heavy atom. The van der Waals surface area contributed by atoms with Crippen molar-refractivity contribution in [2.24, 2.45) is 0 Å². The number of ether oxygens (including phenoxy) is 1. The lowest BCUT2D eigenvalue weighted by Crippen LogP contribution is -2.50. The monoisotopic (exact) mass is 295 g/mol. The van der Waals surface area contributed by atoms with E-state index in [1.807, 2.05) is 25.6 Å². The van der Waals surface area contributed by atoms with Crippen LogP contribution in [0.3, 0.4) is 0 Å². The lowest BCUT2D eigenvalue weighted by molar-refractivity contribution is -0.147. The van der Waals surface area contributed by atoms with Crippen molar-refractivity contribution >= 4 is 17.7 Å². The first-order valence-electron chi connectivity index (χ1n) is 6.99. The largest absolute Gasteiger partial charge is 0.468 e. The smallest absolute Gasteiger partial charge is 0.325 e. The summed E-state index contributed by atoms with van der Waals surface area (Å²) in [7, 11) is 1.44. The van der Waals surface area contributed by atoms with E-state index >= 15 is 0 Å². The van der Waals surface area contributed by atoms with Gasteiger partial charge in [0.15, 0.2) is 0 Å². The van der Waals surface area contributed by atoms with Crippen molar-refractivity contribution in [1.82, 2.24) is 5.32 Å². The van der Waals surface area contributed by atoms with Gasteiger partial charge in [-0.15, -0.1) is 0 Å². The number of carbonyl (C=O) groups is 1. The topological polar surface area (TPSA) is 38.3 Å². The summed E-state index contributed by atoms with van der Waals surface area (Å²) >= 11 is 1.85. The van der Waals surface area contributed by atoms with Gasteiger partial charge in [-0.25, -0.2) is 0 Å². The first kappa shape index (κ1) is 17.1. The van der Waals surface area contributed by atoms with Crippen LogP contribution in [0.25, 0.3) is 0 Å². The standard InChI is InChI=1S/C16H25NO2S/c1-5-17-16(3,15(18)19-4)10-11-20-12-14-9-7-6-8-13(14)2/h6-9,17H,5,10-12H2,1-4H3. The Labute approximate surface area is 126 Å². The van der Waals surface area contributed by atoms with Gasteiger partial charge < -0.3 is 10.1 Å². The summed E-state index contributed by atoms with van der Waals surface area (Å²) < 4.78 is 4.89. The van der Waals surface area contributed by atoms with E-state index in [-0.39, 0.29) is 5.97 Å². The van der Waals surface area contributed by atoms with Crippen LogP contribution in [-0.2, 0) is 15.3 Å². The van der Waals surface area contributed by atoms with Crippen LogP contribution in [-0.4, -0.2) is 30.9 Å². The molecule has 20 heavy (non-hydrogen) atoms. The molecule has 0 saturated heterocycles. The van der Waals surface area contributed by atoms with Gasteiger partial charge in [0.2, 0.25) is 0 Å². The summed E-state index contributed by atoms with van der Waals surface area (Å²) in [5.74, 6) is 1.72. The number of nitrogens with one attached hydrogen (secondary N) is 1. The number of hydrogen-bond acceptors (Lipinski definition) is 4. The molecule has 0 bridgehead atoms. The zero-order valence-electron chi connectivity index (χ0n) is 12.9. The highest BCUT2D eigenvalue weighted by atomic mass is 32.2. The van der Waals surface area contributed by atoms with Crippen molar-refractivity contribution in [3.05, 3.63) is 35.4 Å². The average Bonchev–Trinajstić information content (AvgIpc) is 2.44. The second-order valence-corrected chi connectivity index (χ2v) is 6.19. The molecule has 0 saturated carbocycles. The summed E-state index contributed by atoms with van der Waals surface area (Å²) in [6.45, 7) is 6.81. The highest BCUT2D eigenvalue weighted by Gasteiger charge is 2.32. The Bertz CT molecular complexity index is 436. The number of methoxy groups -OCH3 is 1. The van der Waals surface area contributed by atoms with Gasteiger partial charge in [-0.2, -0.15) is 11.8 Å². The highest BCUT2D eigenvalue weighted by Crippen LogP contribution is 2.20. The molecule has 0 amide bonds. The van der Waals surface area contributed by atoms with Crippen LogP contribution in [0.2, 0.25) is 0 Å². The first-order valence-corrected chi connectivity index (χ1v) is 8.14. The van der Waals surface area contributed by atoms with Gasteiger partial charge in [0.25, 0.3) is 0 Å². The Hall–Kier alpha value is -1.00. The van der Waals surface area contributed by atoms with E-state index in [9.17, 15) is 4.79 Å². The number of likely N-dealkylation sites (N-methyl/N-ethyl adjacent to an activating group) is 1. The summed E-state index contributed by atoms with van der Waals surface area (Å²) in [5.41, 5.74) is 2.10. The normalized spacial score (nSPS) is 13.8. The molecule has 0 spiro atoms. The third kappa shape index (κ3) is 4.84. The van der Waals surface area contributed by atoms with Crippen molar-refractivity contribution in [2.45, 2.75) is 38.5 Å². The Morgan fingerprint density at radius 3 is 2.70 bits per heavy atom. The van der Waals surface area contributed by atoms with E-state index < -0.39 is 5.54 Å². The van der Waals surface area contributed by atoms with Gasteiger partial charge in [-0.3, -0.25) is 4.79 Å². The van der Waals surface area contributed by atoms with Crippen LogP contribution >= 0.6 is 11.8 Å².